The van der Waals surface area contributed by atoms with E-state index >= 15 is 0 Å². The van der Waals surface area contributed by atoms with Gasteiger partial charge in [-0.25, -0.2) is 0 Å². The highest BCUT2D eigenvalue weighted by Crippen LogP contribution is 2.15. The van der Waals surface area contributed by atoms with Crippen LogP contribution in [-0.2, 0) is 0 Å². The highest BCUT2D eigenvalue weighted by atomic mass is 14.8. The topological polar surface area (TPSA) is 12.4 Å². The van der Waals surface area contributed by atoms with Gasteiger partial charge in [-0.05, 0) is 32.4 Å². The molecule has 0 saturated carbocycles. The van der Waals surface area contributed by atoms with Gasteiger partial charge in [0, 0.05) is 17.8 Å². The van der Waals surface area contributed by atoms with Crippen LogP contribution in [0.5, 0.6) is 0 Å². The Morgan fingerprint density at radius 3 is 2.93 bits per heavy atom. The smallest absolute Gasteiger partial charge is 0.0473 e. The molecule has 0 amide bonds. The summed E-state index contributed by atoms with van der Waals surface area (Å²) in [7, 11) is 0. The molecule has 1 nitrogen and oxygen atoms in total. The predicted octanol–water partition coefficient (Wildman–Crippen LogP) is 3.81. The van der Waals surface area contributed by atoms with Crippen molar-refractivity contribution in [3.8, 4) is 0 Å². The van der Waals surface area contributed by atoms with Crippen molar-refractivity contribution in [1.82, 2.24) is 0 Å². The number of hydrogen-bond donors (Lipinski definition) is 0. The second-order valence-electron chi connectivity index (χ2n) is 3.37. The van der Waals surface area contributed by atoms with Gasteiger partial charge in [-0.1, -0.05) is 30.4 Å². The van der Waals surface area contributed by atoms with Gasteiger partial charge >= 0.3 is 0 Å². The number of hydrogen-bond acceptors (Lipinski definition) is 1. The van der Waals surface area contributed by atoms with Gasteiger partial charge in [0.15, 0.2) is 0 Å². The van der Waals surface area contributed by atoms with Crippen LogP contribution in [0.25, 0.3) is 0 Å². The van der Waals surface area contributed by atoms with Crippen molar-refractivity contribution in [3.05, 3.63) is 47.7 Å². The second-order valence-corrected chi connectivity index (χ2v) is 3.37. The SMILES string of the molecule is C/C=C/C(C)=NC1=C(C)C=CC=CC1. The number of nitrogens with zero attached hydrogens (tertiary/aromatic N) is 1. The van der Waals surface area contributed by atoms with Crippen LogP contribution in [0, 0.1) is 0 Å². The van der Waals surface area contributed by atoms with Gasteiger partial charge in [-0.15, -0.1) is 0 Å². The van der Waals surface area contributed by atoms with E-state index in [1.165, 1.54) is 5.57 Å². The number of allylic oxidation sites excluding steroid dienone is 7. The zero-order chi connectivity index (χ0) is 10.4. The molecule has 1 aliphatic carbocycles. The Morgan fingerprint density at radius 1 is 1.43 bits per heavy atom. The van der Waals surface area contributed by atoms with E-state index < -0.39 is 0 Å². The van der Waals surface area contributed by atoms with Crippen molar-refractivity contribution in [2.75, 3.05) is 0 Å². The molecular formula is C13H17N. The molecule has 1 aliphatic rings. The van der Waals surface area contributed by atoms with Crippen LogP contribution in [0.3, 0.4) is 0 Å². The Kier molecular flexibility index (Phi) is 4.11. The van der Waals surface area contributed by atoms with E-state index in [4.69, 9.17) is 0 Å². The minimum atomic E-state index is 0.924. The molecule has 0 unspecified atom stereocenters. The molecular weight excluding hydrogens is 170 g/mol. The third-order valence-electron chi connectivity index (χ3n) is 2.08. The summed E-state index contributed by atoms with van der Waals surface area (Å²) < 4.78 is 0. The van der Waals surface area contributed by atoms with Crippen LogP contribution in [0.15, 0.2) is 52.7 Å². The minimum absolute atomic E-state index is 0.924. The fourth-order valence-corrected chi connectivity index (χ4v) is 1.34. The Morgan fingerprint density at radius 2 is 2.21 bits per heavy atom. The molecule has 0 aromatic carbocycles. The van der Waals surface area contributed by atoms with Crippen molar-refractivity contribution in [2.24, 2.45) is 4.99 Å². The Bertz CT molecular complexity index is 338. The molecule has 0 aliphatic heterocycles. The largest absolute Gasteiger partial charge is 0.258 e. The van der Waals surface area contributed by atoms with E-state index in [0.717, 1.165) is 17.8 Å². The predicted molar refractivity (Wildman–Crippen MR) is 63.5 cm³/mol. The van der Waals surface area contributed by atoms with Gasteiger partial charge in [-0.3, -0.25) is 4.99 Å². The van der Waals surface area contributed by atoms with E-state index in [1.807, 2.05) is 26.0 Å². The summed E-state index contributed by atoms with van der Waals surface area (Å²) in [5.41, 5.74) is 3.47. The summed E-state index contributed by atoms with van der Waals surface area (Å²) in [5, 5.41) is 0. The summed E-state index contributed by atoms with van der Waals surface area (Å²) >= 11 is 0. The van der Waals surface area contributed by atoms with Gasteiger partial charge in [0.25, 0.3) is 0 Å². The lowest BCUT2D eigenvalue weighted by atomic mass is 10.2. The fraction of sp³-hybridized carbons (Fsp3) is 0.308. The minimum Gasteiger partial charge on any atom is -0.258 e. The summed E-state index contributed by atoms with van der Waals surface area (Å²) in [5.74, 6) is 0. The average molecular weight is 187 g/mol. The number of rotatable bonds is 2. The van der Waals surface area contributed by atoms with Crippen LogP contribution < -0.4 is 0 Å². The van der Waals surface area contributed by atoms with E-state index in [2.05, 4.69) is 36.2 Å². The third-order valence-corrected chi connectivity index (χ3v) is 2.08. The highest BCUT2D eigenvalue weighted by molar-refractivity contribution is 5.93. The third kappa shape index (κ3) is 3.17. The first kappa shape index (κ1) is 10.7. The van der Waals surface area contributed by atoms with Crippen molar-refractivity contribution in [2.45, 2.75) is 27.2 Å². The first-order chi connectivity index (χ1) is 6.74. The molecule has 0 N–H and O–H groups in total. The molecule has 0 bridgehead atoms. The molecule has 0 aromatic rings. The van der Waals surface area contributed by atoms with Gasteiger partial charge in [0.05, 0.1) is 0 Å². The molecule has 0 spiro atoms. The molecule has 74 valence electrons. The lowest BCUT2D eigenvalue weighted by Gasteiger charge is -2.01. The molecule has 1 heteroatoms. The van der Waals surface area contributed by atoms with Gasteiger partial charge < -0.3 is 0 Å². The van der Waals surface area contributed by atoms with Crippen LogP contribution in [0.2, 0.25) is 0 Å². The maximum absolute atomic E-state index is 4.57. The van der Waals surface area contributed by atoms with Gasteiger partial charge in [0.2, 0.25) is 0 Å². The molecule has 1 rings (SSSR count). The van der Waals surface area contributed by atoms with Crippen LogP contribution >= 0.6 is 0 Å². The standard InChI is InChI=1S/C13H17N/c1-4-8-12(3)14-13-10-7-5-6-9-11(13)2/h4-9H,10H2,1-3H3/b8-4+,14-12?. The van der Waals surface area contributed by atoms with Crippen molar-refractivity contribution in [3.63, 3.8) is 0 Å². The van der Waals surface area contributed by atoms with Crippen LogP contribution in [0.4, 0.5) is 0 Å². The fourth-order valence-electron chi connectivity index (χ4n) is 1.34. The zero-order valence-electron chi connectivity index (χ0n) is 9.12. The normalized spacial score (nSPS) is 18.1. The summed E-state index contributed by atoms with van der Waals surface area (Å²) in [6.07, 6.45) is 13.3. The molecule has 14 heavy (non-hydrogen) atoms. The van der Waals surface area contributed by atoms with Crippen molar-refractivity contribution < 1.29 is 0 Å². The average Bonchev–Trinajstić information content (AvgIpc) is 2.33. The molecule has 0 saturated heterocycles. The Hall–Kier alpha value is -1.37. The van der Waals surface area contributed by atoms with Crippen molar-refractivity contribution in [1.29, 1.82) is 0 Å². The zero-order valence-corrected chi connectivity index (χ0v) is 9.12. The maximum atomic E-state index is 4.57. The number of aliphatic imine (C=N–C) groups is 1. The Balaban J connectivity index is 2.91. The maximum Gasteiger partial charge on any atom is 0.0473 e. The van der Waals surface area contributed by atoms with E-state index in [9.17, 15) is 0 Å². The van der Waals surface area contributed by atoms with E-state index in [-0.39, 0.29) is 0 Å². The van der Waals surface area contributed by atoms with Gasteiger partial charge in [-0.2, -0.15) is 0 Å². The highest BCUT2D eigenvalue weighted by Gasteiger charge is 1.99. The first-order valence-corrected chi connectivity index (χ1v) is 4.95. The van der Waals surface area contributed by atoms with Crippen LogP contribution in [0.1, 0.15) is 27.2 Å². The quantitative estimate of drug-likeness (QED) is 0.583. The monoisotopic (exact) mass is 187 g/mol. The van der Waals surface area contributed by atoms with Crippen molar-refractivity contribution >= 4 is 5.71 Å². The van der Waals surface area contributed by atoms with E-state index in [0.29, 0.717) is 0 Å². The Labute approximate surface area is 86.2 Å². The molecule has 0 heterocycles. The second kappa shape index (κ2) is 5.38. The lowest BCUT2D eigenvalue weighted by Crippen LogP contribution is -1.89. The van der Waals surface area contributed by atoms with E-state index in [1.54, 1.807) is 0 Å². The molecule has 0 radical (unpaired) electrons. The first-order valence-electron chi connectivity index (χ1n) is 4.95. The van der Waals surface area contributed by atoms with Crippen LogP contribution in [-0.4, -0.2) is 5.71 Å². The summed E-state index contributed by atoms with van der Waals surface area (Å²) in [4.78, 5) is 4.57. The summed E-state index contributed by atoms with van der Waals surface area (Å²) in [6.45, 7) is 6.14. The molecule has 0 fully saturated rings. The molecule has 0 aromatic heterocycles. The molecule has 0 atom stereocenters. The van der Waals surface area contributed by atoms with Gasteiger partial charge in [0.1, 0.15) is 0 Å². The summed E-state index contributed by atoms with van der Waals surface area (Å²) in [6, 6.07) is 0. The lowest BCUT2D eigenvalue weighted by molar-refractivity contribution is 1.13.